The molecule has 9 nitrogen and oxygen atoms in total. The molecule has 0 unspecified atom stereocenters. The predicted molar refractivity (Wildman–Crippen MR) is 132 cm³/mol. The predicted octanol–water partition coefficient (Wildman–Crippen LogP) is 3.23. The normalized spacial score (nSPS) is 14.6. The van der Waals surface area contributed by atoms with Crippen LogP contribution in [-0.2, 0) is 22.8 Å². The topological polar surface area (TPSA) is 103 Å². The van der Waals surface area contributed by atoms with Crippen molar-refractivity contribution in [3.63, 3.8) is 0 Å². The summed E-state index contributed by atoms with van der Waals surface area (Å²) in [6.45, 7) is 6.20. The number of terminal acetylenes is 1. The van der Waals surface area contributed by atoms with Crippen molar-refractivity contribution in [1.29, 1.82) is 0 Å². The molecule has 0 aliphatic carbocycles. The summed E-state index contributed by atoms with van der Waals surface area (Å²) in [5.41, 5.74) is 2.52. The number of nitrogens with zero attached hydrogens (tertiary/aromatic N) is 5. The van der Waals surface area contributed by atoms with E-state index >= 15 is 0 Å². The SMILES string of the molecule is C#Cn1c(-c2c([N+](=O)[O-])nc(C)n2CCS(=O)(=O)CC)c(CCN2CCCC2)c2ccccc21. The lowest BCUT2D eigenvalue weighted by Gasteiger charge is -2.16. The van der Waals surface area contributed by atoms with Gasteiger partial charge in [-0.05, 0) is 53.9 Å². The highest BCUT2D eigenvalue weighted by atomic mass is 32.2. The van der Waals surface area contributed by atoms with Crippen molar-refractivity contribution in [1.82, 2.24) is 19.0 Å². The number of rotatable bonds is 9. The number of hydrogen-bond donors (Lipinski definition) is 0. The Morgan fingerprint density at radius 3 is 2.53 bits per heavy atom. The molecule has 1 aliphatic rings. The van der Waals surface area contributed by atoms with Gasteiger partial charge in [0, 0.05) is 37.2 Å². The highest BCUT2D eigenvalue weighted by Crippen LogP contribution is 2.39. The molecule has 1 saturated heterocycles. The van der Waals surface area contributed by atoms with Gasteiger partial charge in [0.15, 0.2) is 15.5 Å². The molecule has 1 aromatic carbocycles. The second-order valence-corrected chi connectivity index (χ2v) is 11.1. The Morgan fingerprint density at radius 1 is 1.18 bits per heavy atom. The van der Waals surface area contributed by atoms with Crippen molar-refractivity contribution in [2.24, 2.45) is 0 Å². The molecule has 3 heterocycles. The van der Waals surface area contributed by atoms with Crippen LogP contribution in [0.25, 0.3) is 22.3 Å². The molecule has 1 aliphatic heterocycles. The number of hydrogen-bond acceptors (Lipinski definition) is 6. The smallest absolute Gasteiger partial charge is 0.358 e. The molecule has 0 spiro atoms. The Bertz CT molecular complexity index is 1370. The van der Waals surface area contributed by atoms with Gasteiger partial charge in [0.2, 0.25) is 5.82 Å². The molecule has 2 aromatic heterocycles. The molecule has 0 saturated carbocycles. The molecule has 10 heteroatoms. The summed E-state index contributed by atoms with van der Waals surface area (Å²) in [6.07, 6.45) is 8.94. The van der Waals surface area contributed by atoms with Crippen molar-refractivity contribution >= 4 is 26.6 Å². The van der Waals surface area contributed by atoms with Crippen molar-refractivity contribution in [2.75, 3.05) is 31.1 Å². The largest absolute Gasteiger partial charge is 0.391 e. The average Bonchev–Trinajstić information content (AvgIpc) is 3.52. The van der Waals surface area contributed by atoms with E-state index in [-0.39, 0.29) is 29.6 Å². The van der Waals surface area contributed by atoms with Gasteiger partial charge >= 0.3 is 5.82 Å². The van der Waals surface area contributed by atoms with Gasteiger partial charge in [-0.25, -0.2) is 8.42 Å². The highest BCUT2D eigenvalue weighted by Gasteiger charge is 2.32. The van der Waals surface area contributed by atoms with Crippen LogP contribution < -0.4 is 0 Å². The first-order valence-corrected chi connectivity index (χ1v) is 13.3. The third-order valence-electron chi connectivity index (χ3n) is 6.59. The standard InChI is InChI=1S/C24H29N5O4S/c1-4-27-21-11-7-6-10-19(21)20(12-15-26-13-8-9-14-26)22(27)23-24(29(30)31)25-18(3)28(23)16-17-34(32,33)5-2/h1,6-7,10-11H,5,8-9,12-17H2,2-3H3. The third-order valence-corrected chi connectivity index (χ3v) is 8.27. The summed E-state index contributed by atoms with van der Waals surface area (Å²) in [5, 5.41) is 13.0. The summed E-state index contributed by atoms with van der Waals surface area (Å²) in [7, 11) is -3.29. The number of likely N-dealkylation sites (tertiary alicyclic amines) is 1. The van der Waals surface area contributed by atoms with Gasteiger partial charge < -0.3 is 15.0 Å². The van der Waals surface area contributed by atoms with E-state index in [1.54, 1.807) is 23.0 Å². The second-order valence-electron chi connectivity index (χ2n) is 8.58. The van der Waals surface area contributed by atoms with Crippen molar-refractivity contribution in [2.45, 2.75) is 39.7 Å². The molecule has 0 N–H and O–H groups in total. The summed E-state index contributed by atoms with van der Waals surface area (Å²) in [6, 6.07) is 10.4. The van der Waals surface area contributed by atoms with Gasteiger partial charge in [0.05, 0.1) is 17.0 Å². The quantitative estimate of drug-likeness (QED) is 0.263. The monoisotopic (exact) mass is 483 g/mol. The zero-order valence-electron chi connectivity index (χ0n) is 19.5. The van der Waals surface area contributed by atoms with Crippen LogP contribution >= 0.6 is 0 Å². The Hall–Kier alpha value is -3.16. The molecule has 0 radical (unpaired) electrons. The maximum Gasteiger partial charge on any atom is 0.391 e. The summed E-state index contributed by atoms with van der Waals surface area (Å²) >= 11 is 0. The molecular weight excluding hydrogens is 454 g/mol. The maximum absolute atomic E-state index is 12.2. The first kappa shape index (κ1) is 24.0. The molecule has 4 rings (SSSR count). The maximum atomic E-state index is 12.2. The van der Waals surface area contributed by atoms with Crippen LogP contribution in [0.2, 0.25) is 0 Å². The number of fused-ring (bicyclic) bond motifs is 1. The molecule has 34 heavy (non-hydrogen) atoms. The Labute approximate surface area is 199 Å². The van der Waals surface area contributed by atoms with Crippen LogP contribution in [0, 0.1) is 29.5 Å². The molecule has 0 atom stereocenters. The van der Waals surface area contributed by atoms with Gasteiger partial charge in [-0.15, -0.1) is 0 Å². The zero-order valence-corrected chi connectivity index (χ0v) is 20.3. The van der Waals surface area contributed by atoms with Crippen LogP contribution in [0.4, 0.5) is 5.82 Å². The van der Waals surface area contributed by atoms with E-state index in [2.05, 4.69) is 15.9 Å². The number of aryl methyl sites for hydroxylation is 1. The number of nitro groups is 1. The van der Waals surface area contributed by atoms with E-state index in [1.807, 2.05) is 24.3 Å². The second kappa shape index (κ2) is 9.60. The van der Waals surface area contributed by atoms with Crippen molar-refractivity contribution in [3.8, 4) is 23.9 Å². The zero-order chi connectivity index (χ0) is 24.5. The number of imidazole rings is 1. The van der Waals surface area contributed by atoms with Crippen LogP contribution in [0.15, 0.2) is 24.3 Å². The van der Waals surface area contributed by atoms with Gasteiger partial charge in [-0.2, -0.15) is 0 Å². The number of sulfone groups is 1. The summed E-state index contributed by atoms with van der Waals surface area (Å²) < 4.78 is 27.8. The fourth-order valence-electron chi connectivity index (χ4n) is 4.78. The minimum absolute atomic E-state index is 0.00384. The fraction of sp³-hybridized carbons (Fsp3) is 0.458. The third kappa shape index (κ3) is 4.45. The van der Waals surface area contributed by atoms with E-state index in [1.165, 1.54) is 12.8 Å². The van der Waals surface area contributed by atoms with Crippen molar-refractivity contribution < 1.29 is 13.3 Å². The minimum atomic E-state index is -3.29. The van der Waals surface area contributed by atoms with Crippen molar-refractivity contribution in [3.05, 3.63) is 45.8 Å². The lowest BCUT2D eigenvalue weighted by atomic mass is 10.0. The highest BCUT2D eigenvalue weighted by molar-refractivity contribution is 7.91. The van der Waals surface area contributed by atoms with E-state index in [9.17, 15) is 18.5 Å². The summed E-state index contributed by atoms with van der Waals surface area (Å²) in [4.78, 5) is 18.1. The molecule has 1 fully saturated rings. The Morgan fingerprint density at radius 2 is 1.88 bits per heavy atom. The lowest BCUT2D eigenvalue weighted by Crippen LogP contribution is -2.22. The van der Waals surface area contributed by atoms with E-state index in [0.29, 0.717) is 17.9 Å². The number of benzene rings is 1. The van der Waals surface area contributed by atoms with E-state index in [4.69, 9.17) is 6.42 Å². The number of para-hydroxylation sites is 1. The molecule has 3 aromatic rings. The first-order chi connectivity index (χ1) is 16.3. The van der Waals surface area contributed by atoms with Crippen LogP contribution in [0.1, 0.15) is 31.2 Å². The first-order valence-electron chi connectivity index (χ1n) is 11.5. The van der Waals surface area contributed by atoms with E-state index < -0.39 is 14.8 Å². The number of aromatic nitrogens is 3. The van der Waals surface area contributed by atoms with Crippen LogP contribution in [0.3, 0.4) is 0 Å². The molecule has 180 valence electrons. The molecule has 0 amide bonds. The molecule has 0 bridgehead atoms. The van der Waals surface area contributed by atoms with Crippen LogP contribution in [-0.4, -0.2) is 63.5 Å². The van der Waals surface area contributed by atoms with Gasteiger partial charge in [-0.1, -0.05) is 31.5 Å². The molecular formula is C24H29N5O4S. The van der Waals surface area contributed by atoms with Gasteiger partial charge in [0.1, 0.15) is 0 Å². The average molecular weight is 484 g/mol. The minimum Gasteiger partial charge on any atom is -0.358 e. The van der Waals surface area contributed by atoms with Gasteiger partial charge in [0.25, 0.3) is 0 Å². The van der Waals surface area contributed by atoms with E-state index in [0.717, 1.165) is 36.1 Å². The van der Waals surface area contributed by atoms with Gasteiger partial charge in [-0.3, -0.25) is 9.13 Å². The fourth-order valence-corrected chi connectivity index (χ4v) is 5.53. The Balaban J connectivity index is 1.94. The lowest BCUT2D eigenvalue weighted by molar-refractivity contribution is -0.388. The summed E-state index contributed by atoms with van der Waals surface area (Å²) in [5.74, 6) is -0.0610. The van der Waals surface area contributed by atoms with Crippen LogP contribution in [0.5, 0.6) is 0 Å². The Kier molecular flexibility index (Phi) is 6.77.